The topological polar surface area (TPSA) is 51.0 Å². The van der Waals surface area contributed by atoms with E-state index in [1.54, 1.807) is 5.51 Å². The summed E-state index contributed by atoms with van der Waals surface area (Å²) in [6, 6.07) is 0.229. The van der Waals surface area contributed by atoms with Crippen molar-refractivity contribution in [2.24, 2.45) is 0 Å². The van der Waals surface area contributed by atoms with Gasteiger partial charge in [-0.1, -0.05) is 0 Å². The van der Waals surface area contributed by atoms with E-state index in [-0.39, 0.29) is 11.9 Å². The van der Waals surface area contributed by atoms with E-state index in [0.29, 0.717) is 0 Å². The fourth-order valence-corrected chi connectivity index (χ4v) is 3.64. The van der Waals surface area contributed by atoms with E-state index in [1.165, 1.54) is 17.8 Å². The number of nitrogens with zero attached hydrogens (tertiary/aromatic N) is 4. The maximum atomic E-state index is 12.8. The lowest BCUT2D eigenvalue weighted by Gasteiger charge is -2.35. The third kappa shape index (κ3) is 3.00. The summed E-state index contributed by atoms with van der Waals surface area (Å²) in [5.41, 5.74) is 3.74. The quantitative estimate of drug-likeness (QED) is 0.876. The van der Waals surface area contributed by atoms with E-state index < -0.39 is 0 Å². The number of thiazole rings is 1. The van der Waals surface area contributed by atoms with Crippen molar-refractivity contribution < 1.29 is 4.79 Å². The molecule has 1 fully saturated rings. The maximum absolute atomic E-state index is 12.8. The van der Waals surface area contributed by atoms with Crippen molar-refractivity contribution in [2.45, 2.75) is 45.7 Å². The van der Waals surface area contributed by atoms with Gasteiger partial charge >= 0.3 is 0 Å². The van der Waals surface area contributed by atoms with Crippen molar-refractivity contribution >= 4 is 17.2 Å². The normalized spacial score (nSPS) is 19.0. The second kappa shape index (κ2) is 5.97. The number of likely N-dealkylation sites (tertiary alicyclic amines) is 1. The number of rotatable bonds is 3. The van der Waals surface area contributed by atoms with Crippen molar-refractivity contribution in [1.82, 2.24) is 19.7 Å². The number of piperidine rings is 1. The van der Waals surface area contributed by atoms with E-state index in [0.717, 1.165) is 42.1 Å². The molecule has 3 heterocycles. The largest absolute Gasteiger partial charge is 0.333 e. The Morgan fingerprint density at radius 3 is 2.95 bits per heavy atom. The van der Waals surface area contributed by atoms with Gasteiger partial charge in [0.1, 0.15) is 4.88 Å². The van der Waals surface area contributed by atoms with Gasteiger partial charge in [0.05, 0.1) is 30.0 Å². The molecule has 1 amide bonds. The SMILES string of the molecule is Cc1cnn(CC2CCCCN2C(=O)c2scnc2C)c1. The molecular formula is C15H20N4OS. The highest BCUT2D eigenvalue weighted by molar-refractivity contribution is 7.11. The van der Waals surface area contributed by atoms with Gasteiger partial charge in [0.15, 0.2) is 0 Å². The van der Waals surface area contributed by atoms with Crippen LogP contribution in [0.4, 0.5) is 0 Å². The molecule has 5 nitrogen and oxygen atoms in total. The van der Waals surface area contributed by atoms with Gasteiger partial charge in [0.25, 0.3) is 5.91 Å². The van der Waals surface area contributed by atoms with Crippen LogP contribution in [-0.2, 0) is 6.54 Å². The Morgan fingerprint density at radius 1 is 1.43 bits per heavy atom. The van der Waals surface area contributed by atoms with Crippen LogP contribution in [-0.4, -0.2) is 38.2 Å². The smallest absolute Gasteiger partial charge is 0.266 e. The average molecular weight is 304 g/mol. The predicted octanol–water partition coefficient (Wildman–Crippen LogP) is 2.65. The number of aromatic nitrogens is 3. The zero-order chi connectivity index (χ0) is 14.8. The van der Waals surface area contributed by atoms with Crippen LogP contribution in [0.1, 0.15) is 40.2 Å². The van der Waals surface area contributed by atoms with Gasteiger partial charge in [-0.3, -0.25) is 9.48 Å². The first-order chi connectivity index (χ1) is 10.1. The lowest BCUT2D eigenvalue weighted by molar-refractivity contribution is 0.0588. The first-order valence-electron chi connectivity index (χ1n) is 7.35. The number of hydrogen-bond donors (Lipinski definition) is 0. The van der Waals surface area contributed by atoms with Gasteiger partial charge in [-0.05, 0) is 38.7 Å². The molecule has 6 heteroatoms. The van der Waals surface area contributed by atoms with Crippen LogP contribution in [0.5, 0.6) is 0 Å². The molecule has 0 N–H and O–H groups in total. The van der Waals surface area contributed by atoms with Gasteiger partial charge < -0.3 is 4.90 Å². The van der Waals surface area contributed by atoms with Crippen LogP contribution in [0.25, 0.3) is 0 Å². The standard InChI is InChI=1S/C15H20N4OS/c1-11-7-17-18(8-11)9-13-5-3-4-6-19(13)15(20)14-12(2)16-10-21-14/h7-8,10,13H,3-6,9H2,1-2H3. The second-order valence-corrected chi connectivity index (χ2v) is 6.51. The first kappa shape index (κ1) is 14.3. The Morgan fingerprint density at radius 2 is 2.29 bits per heavy atom. The van der Waals surface area contributed by atoms with E-state index in [2.05, 4.69) is 10.1 Å². The third-order valence-corrected chi connectivity index (χ3v) is 4.90. The van der Waals surface area contributed by atoms with Crippen molar-refractivity contribution in [2.75, 3.05) is 6.54 Å². The van der Waals surface area contributed by atoms with Gasteiger partial charge in [-0.2, -0.15) is 5.10 Å². The fraction of sp³-hybridized carbons (Fsp3) is 0.533. The molecule has 0 radical (unpaired) electrons. The number of amides is 1. The predicted molar refractivity (Wildman–Crippen MR) is 82.5 cm³/mol. The molecule has 1 aliphatic rings. The van der Waals surface area contributed by atoms with Crippen molar-refractivity contribution in [1.29, 1.82) is 0 Å². The minimum Gasteiger partial charge on any atom is -0.333 e. The van der Waals surface area contributed by atoms with Crippen LogP contribution in [0, 0.1) is 13.8 Å². The molecule has 0 saturated carbocycles. The van der Waals surface area contributed by atoms with Crippen molar-refractivity contribution in [3.63, 3.8) is 0 Å². The summed E-state index contributed by atoms with van der Waals surface area (Å²) in [4.78, 5) is 19.7. The molecule has 1 aliphatic heterocycles. The monoisotopic (exact) mass is 304 g/mol. The van der Waals surface area contributed by atoms with E-state index in [4.69, 9.17) is 0 Å². The summed E-state index contributed by atoms with van der Waals surface area (Å²) in [6.45, 7) is 5.55. The fourth-order valence-electron chi connectivity index (χ4n) is 2.88. The number of aryl methyl sites for hydroxylation is 2. The number of carbonyl (C=O) groups is 1. The molecule has 0 spiro atoms. The van der Waals surface area contributed by atoms with E-state index in [9.17, 15) is 4.79 Å². The first-order valence-corrected chi connectivity index (χ1v) is 8.23. The summed E-state index contributed by atoms with van der Waals surface area (Å²) in [5.74, 6) is 0.128. The third-order valence-electron chi connectivity index (χ3n) is 3.99. The molecule has 0 bridgehead atoms. The van der Waals surface area contributed by atoms with Crippen LogP contribution in [0.3, 0.4) is 0 Å². The molecule has 2 aromatic rings. The van der Waals surface area contributed by atoms with Crippen LogP contribution >= 0.6 is 11.3 Å². The van der Waals surface area contributed by atoms with Gasteiger partial charge in [0.2, 0.25) is 0 Å². The Hall–Kier alpha value is -1.69. The molecule has 1 saturated heterocycles. The average Bonchev–Trinajstić information content (AvgIpc) is 3.07. The molecule has 0 aliphatic carbocycles. The summed E-state index contributed by atoms with van der Waals surface area (Å²) in [6.07, 6.45) is 7.20. The highest BCUT2D eigenvalue weighted by Gasteiger charge is 2.29. The molecule has 1 unspecified atom stereocenters. The van der Waals surface area contributed by atoms with E-state index >= 15 is 0 Å². The molecule has 0 aromatic carbocycles. The lowest BCUT2D eigenvalue weighted by atomic mass is 10.0. The zero-order valence-corrected chi connectivity index (χ0v) is 13.3. The minimum atomic E-state index is 0.128. The summed E-state index contributed by atoms with van der Waals surface area (Å²) in [5, 5.41) is 4.35. The minimum absolute atomic E-state index is 0.128. The molecule has 21 heavy (non-hydrogen) atoms. The molecule has 1 atom stereocenters. The summed E-state index contributed by atoms with van der Waals surface area (Å²) < 4.78 is 1.95. The summed E-state index contributed by atoms with van der Waals surface area (Å²) in [7, 11) is 0. The van der Waals surface area contributed by atoms with Gasteiger partial charge in [0, 0.05) is 12.7 Å². The number of carbonyl (C=O) groups excluding carboxylic acids is 1. The Labute approximate surface area is 128 Å². The molecule has 2 aromatic heterocycles. The Kier molecular flexibility index (Phi) is 4.05. The lowest BCUT2D eigenvalue weighted by Crippen LogP contribution is -2.45. The Balaban J connectivity index is 1.78. The highest BCUT2D eigenvalue weighted by atomic mass is 32.1. The van der Waals surface area contributed by atoms with Crippen LogP contribution in [0.15, 0.2) is 17.9 Å². The molecule has 112 valence electrons. The van der Waals surface area contributed by atoms with Crippen LogP contribution < -0.4 is 0 Å². The number of hydrogen-bond acceptors (Lipinski definition) is 4. The summed E-state index contributed by atoms with van der Waals surface area (Å²) >= 11 is 1.44. The van der Waals surface area contributed by atoms with Crippen molar-refractivity contribution in [3.05, 3.63) is 34.0 Å². The van der Waals surface area contributed by atoms with Crippen LogP contribution in [0.2, 0.25) is 0 Å². The van der Waals surface area contributed by atoms with Crippen molar-refractivity contribution in [3.8, 4) is 0 Å². The Bertz CT molecular complexity index is 633. The highest BCUT2D eigenvalue weighted by Crippen LogP contribution is 2.23. The molecule has 3 rings (SSSR count). The maximum Gasteiger partial charge on any atom is 0.266 e. The second-order valence-electron chi connectivity index (χ2n) is 5.65. The zero-order valence-electron chi connectivity index (χ0n) is 12.5. The van der Waals surface area contributed by atoms with Gasteiger partial charge in [-0.15, -0.1) is 11.3 Å². The molecular weight excluding hydrogens is 284 g/mol. The van der Waals surface area contributed by atoms with E-state index in [1.807, 2.05) is 35.8 Å². The van der Waals surface area contributed by atoms with Gasteiger partial charge in [-0.25, -0.2) is 4.98 Å².